The molecule has 1 N–H and O–H groups in total. The normalized spacial score (nSPS) is 15.5. The maximum Gasteiger partial charge on any atom is 0.282 e. The number of hydrogen-bond acceptors (Lipinski definition) is 4. The highest BCUT2D eigenvalue weighted by molar-refractivity contribution is 6.31. The lowest BCUT2D eigenvalue weighted by Gasteiger charge is -2.14. The molecule has 2 amide bonds. The standard InChI is InChI=1S/C19H18N2O4/c1-12-4-6-14(7-5-12)21-19(23)16(18(22)20-21)11-13-10-15(24-2)8-9-17(13)25-3/h4-11H,1-3H3,(H,20,22). The smallest absolute Gasteiger partial charge is 0.282 e. The van der Waals surface area contributed by atoms with Crippen molar-refractivity contribution >= 4 is 23.6 Å². The molecule has 0 saturated carbocycles. The van der Waals surface area contributed by atoms with Gasteiger partial charge in [0, 0.05) is 5.56 Å². The predicted octanol–water partition coefficient (Wildman–Crippen LogP) is 2.47. The molecule has 2 aromatic rings. The van der Waals surface area contributed by atoms with E-state index in [1.54, 1.807) is 37.4 Å². The molecule has 0 aromatic heterocycles. The van der Waals surface area contributed by atoms with Gasteiger partial charge in [-0.05, 0) is 43.3 Å². The van der Waals surface area contributed by atoms with Gasteiger partial charge >= 0.3 is 0 Å². The van der Waals surface area contributed by atoms with E-state index < -0.39 is 11.8 Å². The van der Waals surface area contributed by atoms with Gasteiger partial charge in [0.05, 0.1) is 19.9 Å². The minimum atomic E-state index is -0.463. The fraction of sp³-hybridized carbons (Fsp3) is 0.158. The Hall–Kier alpha value is -3.28. The van der Waals surface area contributed by atoms with Gasteiger partial charge < -0.3 is 9.47 Å². The first-order chi connectivity index (χ1) is 12.0. The summed E-state index contributed by atoms with van der Waals surface area (Å²) in [6.07, 6.45) is 1.51. The van der Waals surface area contributed by atoms with Crippen LogP contribution in [0.4, 0.5) is 5.69 Å². The van der Waals surface area contributed by atoms with Gasteiger partial charge in [-0.25, -0.2) is 5.01 Å². The number of hydrogen-bond donors (Lipinski definition) is 1. The molecule has 0 spiro atoms. The van der Waals surface area contributed by atoms with Gasteiger partial charge in [-0.2, -0.15) is 0 Å². The lowest BCUT2D eigenvalue weighted by molar-refractivity contribution is -0.117. The molecule has 0 atom stereocenters. The van der Waals surface area contributed by atoms with Crippen LogP contribution in [-0.4, -0.2) is 26.0 Å². The third-order valence-corrected chi connectivity index (χ3v) is 3.92. The molecular formula is C19H18N2O4. The summed E-state index contributed by atoms with van der Waals surface area (Å²) in [4.78, 5) is 24.9. The Morgan fingerprint density at radius 3 is 2.36 bits per heavy atom. The maximum absolute atomic E-state index is 12.7. The molecule has 2 aromatic carbocycles. The van der Waals surface area contributed by atoms with Crippen LogP contribution >= 0.6 is 0 Å². The van der Waals surface area contributed by atoms with Crippen molar-refractivity contribution in [3.05, 3.63) is 59.2 Å². The molecule has 1 fully saturated rings. The summed E-state index contributed by atoms with van der Waals surface area (Å²) in [5.74, 6) is 0.269. The highest BCUT2D eigenvalue weighted by Crippen LogP contribution is 2.28. The predicted molar refractivity (Wildman–Crippen MR) is 94.3 cm³/mol. The van der Waals surface area contributed by atoms with E-state index in [1.165, 1.54) is 18.2 Å². The quantitative estimate of drug-likeness (QED) is 0.687. The highest BCUT2D eigenvalue weighted by atomic mass is 16.5. The second kappa shape index (κ2) is 6.68. The summed E-state index contributed by atoms with van der Waals surface area (Å²) in [7, 11) is 3.07. The molecule has 0 bridgehead atoms. The summed E-state index contributed by atoms with van der Waals surface area (Å²) < 4.78 is 10.5. The number of rotatable bonds is 4. The summed E-state index contributed by atoms with van der Waals surface area (Å²) in [5.41, 5.74) is 4.87. The van der Waals surface area contributed by atoms with Gasteiger partial charge in [-0.15, -0.1) is 0 Å². The first-order valence-electron chi connectivity index (χ1n) is 7.69. The van der Waals surface area contributed by atoms with Gasteiger partial charge in [0.25, 0.3) is 11.8 Å². The van der Waals surface area contributed by atoms with Crippen LogP contribution in [0, 0.1) is 6.92 Å². The van der Waals surface area contributed by atoms with Crippen LogP contribution in [0.2, 0.25) is 0 Å². The number of hydrazine groups is 1. The number of methoxy groups -OCH3 is 2. The summed E-state index contributed by atoms with van der Waals surface area (Å²) >= 11 is 0. The molecule has 0 aliphatic carbocycles. The van der Waals surface area contributed by atoms with Crippen LogP contribution in [0.5, 0.6) is 11.5 Å². The van der Waals surface area contributed by atoms with E-state index in [1.807, 2.05) is 19.1 Å². The van der Waals surface area contributed by atoms with E-state index in [4.69, 9.17) is 9.47 Å². The average Bonchev–Trinajstić information content (AvgIpc) is 2.90. The zero-order valence-electron chi connectivity index (χ0n) is 14.2. The lowest BCUT2D eigenvalue weighted by Crippen LogP contribution is -2.35. The third kappa shape index (κ3) is 3.19. The molecule has 6 nitrogen and oxygen atoms in total. The molecule has 128 valence electrons. The number of ether oxygens (including phenoxy) is 2. The second-order valence-corrected chi connectivity index (χ2v) is 5.58. The van der Waals surface area contributed by atoms with Crippen LogP contribution < -0.4 is 19.9 Å². The van der Waals surface area contributed by atoms with Crippen molar-refractivity contribution in [3.63, 3.8) is 0 Å². The van der Waals surface area contributed by atoms with Crippen molar-refractivity contribution < 1.29 is 19.1 Å². The number of carbonyl (C=O) groups excluding carboxylic acids is 2. The zero-order valence-corrected chi connectivity index (χ0v) is 14.2. The van der Waals surface area contributed by atoms with Crippen molar-refractivity contribution in [2.24, 2.45) is 0 Å². The number of carbonyl (C=O) groups is 2. The van der Waals surface area contributed by atoms with Crippen LogP contribution in [0.3, 0.4) is 0 Å². The average molecular weight is 338 g/mol. The van der Waals surface area contributed by atoms with Gasteiger partial charge in [-0.1, -0.05) is 17.7 Å². The Morgan fingerprint density at radius 1 is 1.00 bits per heavy atom. The monoisotopic (exact) mass is 338 g/mol. The van der Waals surface area contributed by atoms with Crippen molar-refractivity contribution in [2.75, 3.05) is 19.2 Å². The van der Waals surface area contributed by atoms with E-state index >= 15 is 0 Å². The van der Waals surface area contributed by atoms with E-state index in [0.717, 1.165) is 5.56 Å². The summed E-state index contributed by atoms with van der Waals surface area (Å²) in [5, 5.41) is 1.24. The van der Waals surface area contributed by atoms with E-state index in [-0.39, 0.29) is 5.57 Å². The Labute approximate surface area is 145 Å². The number of nitrogens with one attached hydrogen (secondary N) is 1. The Morgan fingerprint density at radius 2 is 1.72 bits per heavy atom. The van der Waals surface area contributed by atoms with E-state index in [9.17, 15) is 9.59 Å². The third-order valence-electron chi connectivity index (χ3n) is 3.92. The van der Waals surface area contributed by atoms with Crippen molar-refractivity contribution in [1.29, 1.82) is 0 Å². The van der Waals surface area contributed by atoms with Crippen molar-refractivity contribution in [3.8, 4) is 11.5 Å². The molecule has 3 rings (SSSR count). The molecule has 25 heavy (non-hydrogen) atoms. The minimum absolute atomic E-state index is 0.0344. The summed E-state index contributed by atoms with van der Waals surface area (Å²) in [6, 6.07) is 12.5. The highest BCUT2D eigenvalue weighted by Gasteiger charge is 2.34. The molecule has 0 radical (unpaired) electrons. The van der Waals surface area contributed by atoms with Crippen LogP contribution in [0.1, 0.15) is 11.1 Å². The minimum Gasteiger partial charge on any atom is -0.497 e. The van der Waals surface area contributed by atoms with Crippen LogP contribution in [-0.2, 0) is 9.59 Å². The zero-order chi connectivity index (χ0) is 18.0. The van der Waals surface area contributed by atoms with Gasteiger partial charge in [-0.3, -0.25) is 15.0 Å². The largest absolute Gasteiger partial charge is 0.497 e. The van der Waals surface area contributed by atoms with Gasteiger partial charge in [0.15, 0.2) is 0 Å². The van der Waals surface area contributed by atoms with Gasteiger partial charge in [0.1, 0.15) is 17.1 Å². The SMILES string of the molecule is COc1ccc(OC)c(C=C2C(=O)NN(c3ccc(C)cc3)C2=O)c1. The first kappa shape index (κ1) is 16.6. The molecule has 0 unspecified atom stereocenters. The topological polar surface area (TPSA) is 67.9 Å². The Bertz CT molecular complexity index is 856. The van der Waals surface area contributed by atoms with Crippen LogP contribution in [0.25, 0.3) is 6.08 Å². The van der Waals surface area contributed by atoms with Crippen LogP contribution in [0.15, 0.2) is 48.0 Å². The molecular weight excluding hydrogens is 320 g/mol. The molecule has 1 aliphatic rings. The Kier molecular flexibility index (Phi) is 4.43. The van der Waals surface area contributed by atoms with Gasteiger partial charge in [0.2, 0.25) is 0 Å². The fourth-order valence-electron chi connectivity index (χ4n) is 2.54. The molecule has 1 aliphatic heterocycles. The second-order valence-electron chi connectivity index (χ2n) is 5.58. The number of amides is 2. The number of nitrogens with zero attached hydrogens (tertiary/aromatic N) is 1. The molecule has 1 heterocycles. The van der Waals surface area contributed by atoms with Crippen molar-refractivity contribution in [1.82, 2.24) is 5.43 Å². The lowest BCUT2D eigenvalue weighted by atomic mass is 10.1. The number of aryl methyl sites for hydroxylation is 1. The number of anilines is 1. The van der Waals surface area contributed by atoms with Crippen molar-refractivity contribution in [2.45, 2.75) is 6.92 Å². The Balaban J connectivity index is 1.97. The maximum atomic E-state index is 12.7. The fourth-order valence-corrected chi connectivity index (χ4v) is 2.54. The molecule has 6 heteroatoms. The van der Waals surface area contributed by atoms with E-state index in [0.29, 0.717) is 22.7 Å². The molecule has 1 saturated heterocycles. The first-order valence-corrected chi connectivity index (χ1v) is 7.69. The van der Waals surface area contributed by atoms with E-state index in [2.05, 4.69) is 5.43 Å². The number of benzene rings is 2. The summed E-state index contributed by atoms with van der Waals surface area (Å²) in [6.45, 7) is 1.95.